The second-order valence-corrected chi connectivity index (χ2v) is 6.76. The van der Waals surface area contributed by atoms with Crippen molar-refractivity contribution in [1.29, 1.82) is 0 Å². The van der Waals surface area contributed by atoms with Crippen molar-refractivity contribution in [3.8, 4) is 11.5 Å². The second kappa shape index (κ2) is 7.98. The van der Waals surface area contributed by atoms with Gasteiger partial charge in [0.25, 0.3) is 0 Å². The van der Waals surface area contributed by atoms with Gasteiger partial charge < -0.3 is 14.8 Å². The van der Waals surface area contributed by atoms with Crippen LogP contribution in [0.1, 0.15) is 30.5 Å². The molecule has 1 heterocycles. The van der Waals surface area contributed by atoms with Crippen LogP contribution in [0.4, 0.5) is 0 Å². The van der Waals surface area contributed by atoms with Gasteiger partial charge in [-0.3, -0.25) is 4.79 Å². The van der Waals surface area contributed by atoms with Crippen molar-refractivity contribution < 1.29 is 14.3 Å². The highest BCUT2D eigenvalue weighted by atomic mass is 35.5. The smallest absolute Gasteiger partial charge is 0.220 e. The molecule has 0 saturated carbocycles. The molecule has 1 unspecified atom stereocenters. The molecule has 1 atom stereocenters. The molecular formula is C19H19Cl2NO3. The Balaban J connectivity index is 1.54. The molecule has 132 valence electrons. The number of halogens is 2. The maximum absolute atomic E-state index is 12.2. The predicted molar refractivity (Wildman–Crippen MR) is 98.8 cm³/mol. The fraction of sp³-hybridized carbons (Fsp3) is 0.316. The van der Waals surface area contributed by atoms with Crippen LogP contribution in [0.5, 0.6) is 11.5 Å². The molecule has 2 aromatic rings. The Bertz CT molecular complexity index is 779. The van der Waals surface area contributed by atoms with Gasteiger partial charge in [0.15, 0.2) is 11.5 Å². The maximum atomic E-state index is 12.2. The summed E-state index contributed by atoms with van der Waals surface area (Å²) in [6.45, 7) is 3.04. The molecule has 6 heteroatoms. The predicted octanol–water partition coefficient (Wildman–Crippen LogP) is 4.57. The number of rotatable bonds is 5. The number of fused-ring (bicyclic) bond motifs is 1. The van der Waals surface area contributed by atoms with E-state index >= 15 is 0 Å². The second-order valence-electron chi connectivity index (χ2n) is 5.94. The van der Waals surface area contributed by atoms with E-state index in [9.17, 15) is 4.79 Å². The Morgan fingerprint density at radius 1 is 1.08 bits per heavy atom. The van der Waals surface area contributed by atoms with Crippen LogP contribution in [0, 0.1) is 0 Å². The summed E-state index contributed by atoms with van der Waals surface area (Å²) in [5.41, 5.74) is 1.96. The minimum atomic E-state index is -0.137. The van der Waals surface area contributed by atoms with Crippen molar-refractivity contribution in [3.05, 3.63) is 57.6 Å². The first kappa shape index (κ1) is 17.9. The SMILES string of the molecule is CC(NC(=O)CCc1ccc2c(c1)OCCO2)c1ccc(Cl)c(Cl)c1. The summed E-state index contributed by atoms with van der Waals surface area (Å²) in [4.78, 5) is 12.2. The van der Waals surface area contributed by atoms with Crippen molar-refractivity contribution in [2.75, 3.05) is 13.2 Å². The van der Waals surface area contributed by atoms with Gasteiger partial charge in [-0.25, -0.2) is 0 Å². The zero-order chi connectivity index (χ0) is 17.8. The number of amides is 1. The molecule has 1 amide bonds. The lowest BCUT2D eigenvalue weighted by atomic mass is 10.1. The van der Waals surface area contributed by atoms with Gasteiger partial charge in [-0.05, 0) is 48.7 Å². The minimum absolute atomic E-state index is 0.0199. The molecule has 1 aliphatic heterocycles. The van der Waals surface area contributed by atoms with Crippen LogP contribution in [-0.2, 0) is 11.2 Å². The Hall–Kier alpha value is -1.91. The number of aryl methyl sites for hydroxylation is 1. The van der Waals surface area contributed by atoms with Crippen molar-refractivity contribution in [1.82, 2.24) is 5.32 Å². The van der Waals surface area contributed by atoms with Crippen LogP contribution in [0.25, 0.3) is 0 Å². The third-order valence-corrected chi connectivity index (χ3v) is 4.81. The molecule has 0 fully saturated rings. The quantitative estimate of drug-likeness (QED) is 0.827. The first-order chi connectivity index (χ1) is 12.0. The Kier molecular flexibility index (Phi) is 5.71. The lowest BCUT2D eigenvalue weighted by molar-refractivity contribution is -0.121. The molecule has 0 saturated heterocycles. The molecule has 0 spiro atoms. The van der Waals surface area contributed by atoms with Crippen molar-refractivity contribution in [2.45, 2.75) is 25.8 Å². The summed E-state index contributed by atoms with van der Waals surface area (Å²) in [5.74, 6) is 1.48. The largest absolute Gasteiger partial charge is 0.486 e. The summed E-state index contributed by atoms with van der Waals surface area (Å²) in [5, 5.41) is 3.96. The lowest BCUT2D eigenvalue weighted by Crippen LogP contribution is -2.26. The first-order valence-electron chi connectivity index (χ1n) is 8.16. The highest BCUT2D eigenvalue weighted by Gasteiger charge is 2.14. The third-order valence-electron chi connectivity index (χ3n) is 4.07. The van der Waals surface area contributed by atoms with Gasteiger partial charge in [0.1, 0.15) is 13.2 Å². The molecule has 1 aliphatic rings. The van der Waals surface area contributed by atoms with Gasteiger partial charge in [-0.15, -0.1) is 0 Å². The van der Waals surface area contributed by atoms with Crippen LogP contribution in [0.3, 0.4) is 0 Å². The van der Waals surface area contributed by atoms with Gasteiger partial charge in [-0.1, -0.05) is 35.3 Å². The van der Waals surface area contributed by atoms with E-state index in [4.69, 9.17) is 32.7 Å². The first-order valence-corrected chi connectivity index (χ1v) is 8.91. The van der Waals surface area contributed by atoms with Gasteiger partial charge in [0.05, 0.1) is 16.1 Å². The summed E-state index contributed by atoms with van der Waals surface area (Å²) in [6, 6.07) is 11.0. The van der Waals surface area contributed by atoms with E-state index in [1.165, 1.54) is 0 Å². The van der Waals surface area contributed by atoms with E-state index in [-0.39, 0.29) is 11.9 Å². The summed E-state index contributed by atoms with van der Waals surface area (Å²) in [6.07, 6.45) is 1.03. The van der Waals surface area contributed by atoms with E-state index in [1.54, 1.807) is 12.1 Å². The fourth-order valence-corrected chi connectivity index (χ4v) is 2.99. The molecule has 1 N–H and O–H groups in total. The summed E-state index contributed by atoms with van der Waals surface area (Å²) < 4.78 is 11.1. The lowest BCUT2D eigenvalue weighted by Gasteiger charge is -2.19. The summed E-state index contributed by atoms with van der Waals surface area (Å²) >= 11 is 11.9. The Morgan fingerprint density at radius 2 is 1.84 bits per heavy atom. The van der Waals surface area contributed by atoms with E-state index in [0.29, 0.717) is 36.1 Å². The van der Waals surface area contributed by atoms with Crippen LogP contribution in [-0.4, -0.2) is 19.1 Å². The molecule has 0 radical (unpaired) electrons. The van der Waals surface area contributed by atoms with Crippen molar-refractivity contribution in [3.63, 3.8) is 0 Å². The van der Waals surface area contributed by atoms with Crippen LogP contribution in [0.2, 0.25) is 10.0 Å². The minimum Gasteiger partial charge on any atom is -0.486 e. The molecule has 25 heavy (non-hydrogen) atoms. The van der Waals surface area contributed by atoms with Crippen molar-refractivity contribution >= 4 is 29.1 Å². The average molecular weight is 380 g/mol. The Morgan fingerprint density at radius 3 is 2.60 bits per heavy atom. The van der Waals surface area contributed by atoms with E-state index < -0.39 is 0 Å². The summed E-state index contributed by atoms with van der Waals surface area (Å²) in [7, 11) is 0. The monoisotopic (exact) mass is 379 g/mol. The van der Waals surface area contributed by atoms with Gasteiger partial charge in [0.2, 0.25) is 5.91 Å². The van der Waals surface area contributed by atoms with E-state index in [0.717, 1.165) is 22.6 Å². The Labute approximate surface area is 157 Å². The number of nitrogens with one attached hydrogen (secondary N) is 1. The number of hydrogen-bond acceptors (Lipinski definition) is 3. The molecule has 0 aliphatic carbocycles. The standard InChI is InChI=1S/C19H19Cl2NO3/c1-12(14-4-5-15(20)16(21)11-14)22-19(23)7-3-13-2-6-17-18(10-13)25-9-8-24-17/h2,4-6,10-12H,3,7-9H2,1H3,(H,22,23). The maximum Gasteiger partial charge on any atom is 0.220 e. The topological polar surface area (TPSA) is 47.6 Å². The van der Waals surface area contributed by atoms with E-state index in [1.807, 2.05) is 31.2 Å². The highest BCUT2D eigenvalue weighted by molar-refractivity contribution is 6.42. The third kappa shape index (κ3) is 4.59. The molecule has 0 aromatic heterocycles. The number of benzene rings is 2. The van der Waals surface area contributed by atoms with Gasteiger partial charge >= 0.3 is 0 Å². The molecule has 2 aromatic carbocycles. The number of hydrogen-bond donors (Lipinski definition) is 1. The van der Waals surface area contributed by atoms with Crippen LogP contribution >= 0.6 is 23.2 Å². The zero-order valence-electron chi connectivity index (χ0n) is 13.9. The zero-order valence-corrected chi connectivity index (χ0v) is 15.4. The number of ether oxygens (including phenoxy) is 2. The van der Waals surface area contributed by atoms with Gasteiger partial charge in [0, 0.05) is 6.42 Å². The molecule has 4 nitrogen and oxygen atoms in total. The number of carbonyl (C=O) groups excluding carboxylic acids is 1. The molecule has 0 bridgehead atoms. The van der Waals surface area contributed by atoms with Crippen LogP contribution < -0.4 is 14.8 Å². The normalized spacial score (nSPS) is 14.0. The molecule has 3 rings (SSSR count). The number of carbonyl (C=O) groups is 1. The van der Waals surface area contributed by atoms with Crippen molar-refractivity contribution in [2.24, 2.45) is 0 Å². The molecular weight excluding hydrogens is 361 g/mol. The van der Waals surface area contributed by atoms with Gasteiger partial charge in [-0.2, -0.15) is 0 Å². The van der Waals surface area contributed by atoms with Crippen LogP contribution in [0.15, 0.2) is 36.4 Å². The fourth-order valence-electron chi connectivity index (χ4n) is 2.68. The average Bonchev–Trinajstić information content (AvgIpc) is 2.62. The van der Waals surface area contributed by atoms with E-state index in [2.05, 4.69) is 5.32 Å². The highest BCUT2D eigenvalue weighted by Crippen LogP contribution is 2.31.